The fourth-order valence-electron chi connectivity index (χ4n) is 2.85. The summed E-state index contributed by atoms with van der Waals surface area (Å²) in [7, 11) is -4.31. The van der Waals surface area contributed by atoms with Crippen molar-refractivity contribution in [3.8, 4) is 0 Å². The molecule has 0 aromatic heterocycles. The third-order valence-corrected chi connectivity index (χ3v) is 5.94. The summed E-state index contributed by atoms with van der Waals surface area (Å²) in [6, 6.07) is 7.28. The van der Waals surface area contributed by atoms with Gasteiger partial charge in [-0.2, -0.15) is 17.9 Å². The summed E-state index contributed by atoms with van der Waals surface area (Å²) in [5.74, 6) is -1.71. The smallest absolute Gasteiger partial charge is 0.348 e. The molecule has 0 aliphatic heterocycles. The van der Waals surface area contributed by atoms with Gasteiger partial charge >= 0.3 is 6.18 Å². The number of alkyl halides is 3. The summed E-state index contributed by atoms with van der Waals surface area (Å²) in [6.45, 7) is 3.07. The second kappa shape index (κ2) is 9.57. The Hall–Kier alpha value is -2.46. The fraction of sp³-hybridized carbons (Fsp3) is 0.350. The van der Waals surface area contributed by atoms with Gasteiger partial charge < -0.3 is 5.32 Å². The van der Waals surface area contributed by atoms with E-state index in [1.165, 1.54) is 31.2 Å². The van der Waals surface area contributed by atoms with Crippen LogP contribution in [0, 0.1) is 5.82 Å². The van der Waals surface area contributed by atoms with Gasteiger partial charge in [0, 0.05) is 0 Å². The highest BCUT2D eigenvalue weighted by molar-refractivity contribution is 7.89. The van der Waals surface area contributed by atoms with E-state index < -0.39 is 50.5 Å². The molecule has 0 radical (unpaired) electrons. The number of carbonyl (C=O) groups is 1. The first kappa shape index (κ1) is 23.8. The number of amides is 1. The molecule has 1 unspecified atom stereocenters. The molecule has 2 aromatic carbocycles. The van der Waals surface area contributed by atoms with Gasteiger partial charge in [-0.05, 0) is 43.2 Å². The average Bonchev–Trinajstić information content (AvgIpc) is 2.67. The van der Waals surface area contributed by atoms with Gasteiger partial charge in [0.15, 0.2) is 0 Å². The molecule has 2 atom stereocenters. The van der Waals surface area contributed by atoms with Crippen molar-refractivity contribution in [1.82, 2.24) is 10.0 Å². The van der Waals surface area contributed by atoms with Crippen LogP contribution in [-0.4, -0.2) is 20.4 Å². The normalized spacial score (nSPS) is 14.2. The van der Waals surface area contributed by atoms with Crippen molar-refractivity contribution in [3.63, 3.8) is 0 Å². The molecule has 0 fully saturated rings. The molecular weight excluding hydrogens is 424 g/mol. The maximum absolute atomic E-state index is 13.8. The lowest BCUT2D eigenvalue weighted by Gasteiger charge is -2.22. The van der Waals surface area contributed by atoms with Crippen LogP contribution in [0.2, 0.25) is 0 Å². The van der Waals surface area contributed by atoms with E-state index in [2.05, 4.69) is 10.0 Å². The second-order valence-electron chi connectivity index (χ2n) is 6.75. The predicted octanol–water partition coefficient (Wildman–Crippen LogP) is 4.17. The molecule has 10 heteroatoms. The van der Waals surface area contributed by atoms with E-state index in [-0.39, 0.29) is 5.56 Å². The average molecular weight is 446 g/mol. The van der Waals surface area contributed by atoms with Crippen LogP contribution in [0.3, 0.4) is 0 Å². The number of benzene rings is 2. The first-order chi connectivity index (χ1) is 14.0. The number of sulfonamides is 1. The number of hydrogen-bond donors (Lipinski definition) is 2. The second-order valence-corrected chi connectivity index (χ2v) is 8.43. The summed E-state index contributed by atoms with van der Waals surface area (Å²) < 4.78 is 79.6. The maximum Gasteiger partial charge on any atom is 0.416 e. The van der Waals surface area contributed by atoms with Crippen LogP contribution in [0.15, 0.2) is 53.4 Å². The summed E-state index contributed by atoms with van der Waals surface area (Å²) in [5.41, 5.74) is -0.590. The Morgan fingerprint density at radius 2 is 1.77 bits per heavy atom. The first-order valence-corrected chi connectivity index (χ1v) is 10.7. The van der Waals surface area contributed by atoms with Gasteiger partial charge in [-0.1, -0.05) is 37.6 Å². The zero-order chi connectivity index (χ0) is 22.5. The predicted molar refractivity (Wildman–Crippen MR) is 103 cm³/mol. The van der Waals surface area contributed by atoms with Crippen LogP contribution in [0.25, 0.3) is 0 Å². The first-order valence-electron chi connectivity index (χ1n) is 9.20. The molecule has 0 aliphatic carbocycles. The van der Waals surface area contributed by atoms with Crippen LogP contribution in [0.4, 0.5) is 17.6 Å². The molecule has 2 rings (SSSR count). The SMILES string of the molecule is CCCC(NC(=O)[C@H](C)NS(=O)(=O)c1ccccc1F)c1cccc(C(F)(F)F)c1. The lowest BCUT2D eigenvalue weighted by molar-refractivity contribution is -0.137. The zero-order valence-electron chi connectivity index (χ0n) is 16.3. The fourth-order valence-corrected chi connectivity index (χ4v) is 4.13. The number of rotatable bonds is 8. The monoisotopic (exact) mass is 446 g/mol. The van der Waals surface area contributed by atoms with Crippen molar-refractivity contribution in [2.45, 2.75) is 49.8 Å². The lowest BCUT2D eigenvalue weighted by atomic mass is 9.99. The third kappa shape index (κ3) is 6.02. The number of nitrogens with one attached hydrogen (secondary N) is 2. The largest absolute Gasteiger partial charge is 0.416 e. The molecule has 5 nitrogen and oxygen atoms in total. The van der Waals surface area contributed by atoms with E-state index in [9.17, 15) is 30.8 Å². The van der Waals surface area contributed by atoms with Crippen LogP contribution in [0.1, 0.15) is 43.9 Å². The van der Waals surface area contributed by atoms with Crippen molar-refractivity contribution in [2.75, 3.05) is 0 Å². The number of hydrogen-bond acceptors (Lipinski definition) is 3. The Labute approximate surface area is 172 Å². The van der Waals surface area contributed by atoms with Crippen LogP contribution >= 0.6 is 0 Å². The molecule has 1 amide bonds. The highest BCUT2D eigenvalue weighted by Gasteiger charge is 2.31. The molecule has 164 valence electrons. The molecule has 2 N–H and O–H groups in total. The molecule has 0 aliphatic rings. The lowest BCUT2D eigenvalue weighted by Crippen LogP contribution is -2.46. The number of carbonyl (C=O) groups excluding carboxylic acids is 1. The molecule has 0 saturated heterocycles. The van der Waals surface area contributed by atoms with Crippen molar-refractivity contribution in [3.05, 3.63) is 65.5 Å². The quantitative estimate of drug-likeness (QED) is 0.598. The summed E-state index contributed by atoms with van der Waals surface area (Å²) >= 11 is 0. The van der Waals surface area contributed by atoms with Gasteiger partial charge in [0.25, 0.3) is 0 Å². The van der Waals surface area contributed by atoms with Crippen LogP contribution < -0.4 is 10.0 Å². The van der Waals surface area contributed by atoms with Gasteiger partial charge in [0.05, 0.1) is 17.6 Å². The summed E-state index contributed by atoms with van der Waals surface area (Å²) in [6.07, 6.45) is -3.62. The standard InChI is InChI=1S/C20H22F4N2O3S/c1-3-7-17(14-8-6-9-15(12-14)20(22,23)24)25-19(27)13(2)26-30(28,29)18-11-5-4-10-16(18)21/h4-6,8-13,17,26H,3,7H2,1-2H3,(H,25,27)/t13-,17?/m0/s1. The van der Waals surface area contributed by atoms with Gasteiger partial charge in [0.2, 0.25) is 15.9 Å². The zero-order valence-corrected chi connectivity index (χ0v) is 17.1. The van der Waals surface area contributed by atoms with E-state index in [1.807, 2.05) is 0 Å². The molecule has 0 saturated carbocycles. The minimum Gasteiger partial charge on any atom is -0.348 e. The molecule has 0 bridgehead atoms. The van der Waals surface area contributed by atoms with Crippen molar-refractivity contribution >= 4 is 15.9 Å². The van der Waals surface area contributed by atoms with Gasteiger partial charge in [0.1, 0.15) is 10.7 Å². The maximum atomic E-state index is 13.8. The minimum absolute atomic E-state index is 0.254. The Morgan fingerprint density at radius 3 is 2.37 bits per heavy atom. The topological polar surface area (TPSA) is 75.3 Å². The van der Waals surface area contributed by atoms with Crippen molar-refractivity contribution in [2.24, 2.45) is 0 Å². The minimum atomic E-state index is -4.53. The highest BCUT2D eigenvalue weighted by Crippen LogP contribution is 2.31. The summed E-state index contributed by atoms with van der Waals surface area (Å²) in [4.78, 5) is 11.9. The highest BCUT2D eigenvalue weighted by atomic mass is 32.2. The van der Waals surface area contributed by atoms with E-state index in [0.29, 0.717) is 12.8 Å². The van der Waals surface area contributed by atoms with Crippen molar-refractivity contribution in [1.29, 1.82) is 0 Å². The third-order valence-electron chi connectivity index (χ3n) is 4.36. The van der Waals surface area contributed by atoms with Gasteiger partial charge in [-0.25, -0.2) is 12.8 Å². The molecular formula is C20H22F4N2O3S. The van der Waals surface area contributed by atoms with Gasteiger partial charge in [-0.3, -0.25) is 4.79 Å². The Balaban J connectivity index is 2.18. The molecule has 0 heterocycles. The molecule has 30 heavy (non-hydrogen) atoms. The van der Waals surface area contributed by atoms with E-state index in [4.69, 9.17) is 0 Å². The number of halogens is 4. The van der Waals surface area contributed by atoms with Gasteiger partial charge in [-0.15, -0.1) is 0 Å². The Bertz CT molecular complexity index is 994. The van der Waals surface area contributed by atoms with Crippen LogP contribution in [-0.2, 0) is 21.0 Å². The Morgan fingerprint density at radius 1 is 1.10 bits per heavy atom. The molecule has 2 aromatic rings. The summed E-state index contributed by atoms with van der Waals surface area (Å²) in [5, 5.41) is 2.57. The Kier molecular flexibility index (Phi) is 7.59. The van der Waals surface area contributed by atoms with Crippen LogP contribution in [0.5, 0.6) is 0 Å². The van der Waals surface area contributed by atoms with E-state index in [0.717, 1.165) is 24.3 Å². The van der Waals surface area contributed by atoms with E-state index >= 15 is 0 Å². The van der Waals surface area contributed by atoms with E-state index in [1.54, 1.807) is 6.92 Å². The van der Waals surface area contributed by atoms with Crippen molar-refractivity contribution < 1.29 is 30.8 Å². The molecule has 0 spiro atoms.